The summed E-state index contributed by atoms with van der Waals surface area (Å²) < 4.78 is 5.18. The van der Waals surface area contributed by atoms with Gasteiger partial charge in [0.25, 0.3) is 0 Å². The zero-order valence-corrected chi connectivity index (χ0v) is 6.38. The summed E-state index contributed by atoms with van der Waals surface area (Å²) in [4.78, 5) is 0. The quantitative estimate of drug-likeness (QED) is 0.368. The first kappa shape index (κ1) is 6.78. The van der Waals surface area contributed by atoms with Gasteiger partial charge in [0.05, 0.1) is 17.2 Å². The van der Waals surface area contributed by atoms with Crippen LogP contribution in [0.15, 0.2) is 0 Å². The lowest BCUT2D eigenvalue weighted by Gasteiger charge is -2.03. The first-order chi connectivity index (χ1) is 3.93. The van der Waals surface area contributed by atoms with Crippen molar-refractivity contribution >= 4 is 22.7 Å². The van der Waals surface area contributed by atoms with Crippen LogP contribution < -0.4 is 0 Å². The van der Waals surface area contributed by atoms with Crippen molar-refractivity contribution < 1.29 is 4.18 Å². The van der Waals surface area contributed by atoms with E-state index in [0.29, 0.717) is 6.10 Å². The standard InChI is InChI=1S/C5H10OS2/c7-8-6-5-3-1-2-4-5/h5,7H,1-4H2. The molecule has 3 heteroatoms. The fourth-order valence-corrected chi connectivity index (χ4v) is 1.72. The first-order valence-corrected chi connectivity index (χ1v) is 4.70. The van der Waals surface area contributed by atoms with Crippen LogP contribution in [0.3, 0.4) is 0 Å². The van der Waals surface area contributed by atoms with Crippen LogP contribution in [0.25, 0.3) is 0 Å². The predicted molar refractivity (Wildman–Crippen MR) is 39.9 cm³/mol. The number of hydrogen-bond donors (Lipinski definition) is 1. The molecule has 0 N–H and O–H groups in total. The van der Waals surface area contributed by atoms with Crippen molar-refractivity contribution in [3.05, 3.63) is 0 Å². The molecule has 1 aliphatic carbocycles. The van der Waals surface area contributed by atoms with Gasteiger partial charge < -0.3 is 4.18 Å². The van der Waals surface area contributed by atoms with Crippen LogP contribution in [0, 0.1) is 0 Å². The predicted octanol–water partition coefficient (Wildman–Crippen LogP) is 2.44. The number of thiol groups is 1. The van der Waals surface area contributed by atoms with Gasteiger partial charge >= 0.3 is 0 Å². The molecule has 0 heterocycles. The summed E-state index contributed by atoms with van der Waals surface area (Å²) >= 11 is 5.08. The summed E-state index contributed by atoms with van der Waals surface area (Å²) in [5, 5.41) is 0. The Balaban J connectivity index is 2.06. The molecule has 1 rings (SSSR count). The smallest absolute Gasteiger partial charge is 0.0732 e. The molecule has 1 saturated carbocycles. The highest BCUT2D eigenvalue weighted by molar-refractivity contribution is 8.66. The molecule has 0 aromatic rings. The first-order valence-electron chi connectivity index (χ1n) is 2.90. The van der Waals surface area contributed by atoms with Gasteiger partial charge in [0.1, 0.15) is 0 Å². The van der Waals surface area contributed by atoms with Crippen molar-refractivity contribution in [3.63, 3.8) is 0 Å². The lowest BCUT2D eigenvalue weighted by molar-refractivity contribution is 0.255. The molecule has 1 nitrogen and oxygen atoms in total. The van der Waals surface area contributed by atoms with E-state index in [1.165, 1.54) is 36.8 Å². The van der Waals surface area contributed by atoms with Crippen molar-refractivity contribution in [2.45, 2.75) is 31.8 Å². The third-order valence-electron chi connectivity index (χ3n) is 1.48. The summed E-state index contributed by atoms with van der Waals surface area (Å²) in [6, 6.07) is 0. The second-order valence-corrected chi connectivity index (χ2v) is 2.87. The minimum Gasteiger partial charge on any atom is -0.302 e. The second kappa shape index (κ2) is 3.64. The third kappa shape index (κ3) is 1.88. The van der Waals surface area contributed by atoms with Crippen molar-refractivity contribution in [2.75, 3.05) is 0 Å². The molecule has 0 aromatic carbocycles. The van der Waals surface area contributed by atoms with E-state index in [9.17, 15) is 0 Å². The molecule has 1 fully saturated rings. The van der Waals surface area contributed by atoms with E-state index in [-0.39, 0.29) is 0 Å². The normalized spacial score (nSPS) is 22.1. The van der Waals surface area contributed by atoms with Crippen molar-refractivity contribution in [1.29, 1.82) is 0 Å². The second-order valence-electron chi connectivity index (χ2n) is 2.08. The van der Waals surface area contributed by atoms with Gasteiger partial charge in [-0.25, -0.2) is 0 Å². The van der Waals surface area contributed by atoms with Crippen molar-refractivity contribution in [1.82, 2.24) is 0 Å². The van der Waals surface area contributed by atoms with Gasteiger partial charge in [-0.2, -0.15) is 0 Å². The van der Waals surface area contributed by atoms with E-state index in [1.807, 2.05) is 0 Å². The molecular weight excluding hydrogens is 140 g/mol. The fraction of sp³-hybridized carbons (Fsp3) is 1.00. The Bertz CT molecular complexity index is 61.4. The molecule has 1 aliphatic rings. The van der Waals surface area contributed by atoms with Gasteiger partial charge in [0.2, 0.25) is 0 Å². The Labute approximate surface area is 59.2 Å². The Morgan fingerprint density at radius 2 is 2.00 bits per heavy atom. The molecule has 48 valence electrons. The van der Waals surface area contributed by atoms with Crippen LogP contribution in [0.4, 0.5) is 0 Å². The van der Waals surface area contributed by atoms with Gasteiger partial charge in [0.15, 0.2) is 0 Å². The summed E-state index contributed by atoms with van der Waals surface area (Å²) in [7, 11) is 0. The summed E-state index contributed by atoms with van der Waals surface area (Å²) in [6.07, 6.45) is 5.62. The highest BCUT2D eigenvalue weighted by Gasteiger charge is 2.14. The molecule has 8 heavy (non-hydrogen) atoms. The van der Waals surface area contributed by atoms with Crippen LogP contribution in [-0.4, -0.2) is 6.10 Å². The highest BCUT2D eigenvalue weighted by Crippen LogP contribution is 2.25. The molecule has 0 amide bonds. The molecular formula is C5H10OS2. The van der Waals surface area contributed by atoms with E-state index in [0.717, 1.165) is 0 Å². The summed E-state index contributed by atoms with van der Waals surface area (Å²) in [5.41, 5.74) is 0. The van der Waals surface area contributed by atoms with Crippen LogP contribution in [0.2, 0.25) is 0 Å². The molecule has 0 aliphatic heterocycles. The minimum atomic E-state index is 0.498. The maximum absolute atomic E-state index is 5.18. The van der Waals surface area contributed by atoms with Crippen molar-refractivity contribution in [2.24, 2.45) is 0 Å². The molecule has 0 aromatic heterocycles. The zero-order valence-electron chi connectivity index (χ0n) is 4.67. The van der Waals surface area contributed by atoms with Crippen LogP contribution in [0.5, 0.6) is 0 Å². The van der Waals surface area contributed by atoms with Crippen LogP contribution >= 0.6 is 22.7 Å². The lowest BCUT2D eigenvalue weighted by Crippen LogP contribution is -1.99. The molecule has 0 bridgehead atoms. The van der Waals surface area contributed by atoms with E-state index >= 15 is 0 Å². The number of hydrogen-bond acceptors (Lipinski definition) is 3. The summed E-state index contributed by atoms with van der Waals surface area (Å²) in [5.74, 6) is 0. The molecule has 0 atom stereocenters. The largest absolute Gasteiger partial charge is 0.302 e. The molecule has 0 saturated heterocycles. The van der Waals surface area contributed by atoms with E-state index in [1.54, 1.807) is 0 Å². The SMILES string of the molecule is SSOC1CCCC1. The van der Waals surface area contributed by atoms with E-state index in [4.69, 9.17) is 4.18 Å². The van der Waals surface area contributed by atoms with Gasteiger partial charge in [-0.15, -0.1) is 0 Å². The van der Waals surface area contributed by atoms with Gasteiger partial charge in [-0.05, 0) is 12.8 Å². The van der Waals surface area contributed by atoms with Gasteiger partial charge in [-0.1, -0.05) is 24.5 Å². The molecule has 0 unspecified atom stereocenters. The molecule has 0 radical (unpaired) electrons. The number of rotatable bonds is 2. The average molecular weight is 150 g/mol. The Hall–Kier alpha value is 0.660. The average Bonchev–Trinajstić information content (AvgIpc) is 2.19. The zero-order chi connectivity index (χ0) is 5.82. The summed E-state index contributed by atoms with van der Waals surface area (Å²) in [6.45, 7) is 0. The van der Waals surface area contributed by atoms with E-state index in [2.05, 4.69) is 11.7 Å². The Morgan fingerprint density at radius 1 is 1.38 bits per heavy atom. The fourth-order valence-electron chi connectivity index (χ4n) is 1.05. The van der Waals surface area contributed by atoms with Gasteiger partial charge in [-0.3, -0.25) is 0 Å². The van der Waals surface area contributed by atoms with E-state index < -0.39 is 0 Å². The van der Waals surface area contributed by atoms with Crippen LogP contribution in [0.1, 0.15) is 25.7 Å². The van der Waals surface area contributed by atoms with Crippen LogP contribution in [-0.2, 0) is 4.18 Å². The maximum Gasteiger partial charge on any atom is 0.0732 e. The topological polar surface area (TPSA) is 9.23 Å². The lowest BCUT2D eigenvalue weighted by atomic mass is 10.3. The Kier molecular flexibility index (Phi) is 3.08. The maximum atomic E-state index is 5.18. The monoisotopic (exact) mass is 150 g/mol. The highest BCUT2D eigenvalue weighted by atomic mass is 33.1. The third-order valence-corrected chi connectivity index (χ3v) is 2.10. The Morgan fingerprint density at radius 3 is 2.50 bits per heavy atom. The van der Waals surface area contributed by atoms with Crippen molar-refractivity contribution in [3.8, 4) is 0 Å². The van der Waals surface area contributed by atoms with Gasteiger partial charge in [0, 0.05) is 0 Å². The molecule has 0 spiro atoms. The minimum absolute atomic E-state index is 0.498.